The van der Waals surface area contributed by atoms with Crippen LogP contribution in [0.25, 0.3) is 5.78 Å². The third-order valence-corrected chi connectivity index (χ3v) is 4.63. The summed E-state index contributed by atoms with van der Waals surface area (Å²) in [4.78, 5) is 19.8. The second-order valence-electron chi connectivity index (χ2n) is 5.98. The Hall–Kier alpha value is -2.59. The normalized spacial score (nSPS) is 11.8. The fraction of sp³-hybridized carbons (Fsp3) is 0.250. The van der Waals surface area contributed by atoms with Crippen molar-refractivity contribution in [1.29, 1.82) is 0 Å². The van der Waals surface area contributed by atoms with Crippen LogP contribution in [-0.4, -0.2) is 25.5 Å². The summed E-state index contributed by atoms with van der Waals surface area (Å²) in [5.41, 5.74) is 7.30. The lowest BCUT2D eigenvalue weighted by atomic mass is 10.1. The van der Waals surface area contributed by atoms with E-state index in [0.29, 0.717) is 22.6 Å². The number of rotatable bonds is 3. The van der Waals surface area contributed by atoms with Crippen LogP contribution in [0, 0.1) is 13.8 Å². The highest BCUT2D eigenvalue weighted by Crippen LogP contribution is 2.31. The molecule has 1 amide bonds. The van der Waals surface area contributed by atoms with Crippen LogP contribution in [-0.2, 0) is 17.4 Å². The Morgan fingerprint density at radius 2 is 1.82 bits per heavy atom. The van der Waals surface area contributed by atoms with E-state index in [1.54, 1.807) is 6.92 Å². The summed E-state index contributed by atoms with van der Waals surface area (Å²) in [6.07, 6.45) is -4.85. The molecule has 3 rings (SSSR count). The molecule has 12 heteroatoms. The number of aromatic nitrogens is 4. The van der Waals surface area contributed by atoms with Crippen molar-refractivity contribution in [3.63, 3.8) is 0 Å². The lowest BCUT2D eigenvalue weighted by Gasteiger charge is -2.12. The number of hydrogen-bond acceptors (Lipinski definition) is 5. The van der Waals surface area contributed by atoms with Gasteiger partial charge >= 0.3 is 6.18 Å². The van der Waals surface area contributed by atoms with Gasteiger partial charge in [0.05, 0.1) is 22.2 Å². The molecule has 3 N–H and O–H groups in total. The molecule has 0 saturated heterocycles. The Labute approximate surface area is 166 Å². The van der Waals surface area contributed by atoms with Gasteiger partial charge in [-0.25, -0.2) is 9.50 Å². The average molecular weight is 433 g/mol. The molecule has 0 aliphatic carbocycles. The van der Waals surface area contributed by atoms with E-state index in [4.69, 9.17) is 28.9 Å². The average Bonchev–Trinajstić information content (AvgIpc) is 3.01. The Kier molecular flexibility index (Phi) is 5.11. The largest absolute Gasteiger partial charge is 0.453 e. The van der Waals surface area contributed by atoms with Crippen molar-refractivity contribution in [1.82, 2.24) is 19.6 Å². The first-order chi connectivity index (χ1) is 13.0. The molecule has 0 unspecified atom stereocenters. The lowest BCUT2D eigenvalue weighted by Crippen LogP contribution is -2.18. The molecular formula is C16H13Cl2F3N6O. The van der Waals surface area contributed by atoms with Crippen LogP contribution in [0.3, 0.4) is 0 Å². The zero-order valence-electron chi connectivity index (χ0n) is 14.5. The van der Waals surface area contributed by atoms with Crippen LogP contribution >= 0.6 is 23.2 Å². The molecule has 0 aliphatic rings. The smallest absolute Gasteiger partial charge is 0.396 e. The van der Waals surface area contributed by atoms with Gasteiger partial charge in [0, 0.05) is 22.6 Å². The fourth-order valence-corrected chi connectivity index (χ4v) is 3.09. The fourth-order valence-electron chi connectivity index (χ4n) is 2.61. The van der Waals surface area contributed by atoms with Crippen LogP contribution in [0.1, 0.15) is 22.8 Å². The van der Waals surface area contributed by atoms with Crippen molar-refractivity contribution in [2.24, 2.45) is 0 Å². The number of hydrogen-bond donors (Lipinski definition) is 2. The molecule has 148 valence electrons. The zero-order chi connectivity index (χ0) is 20.8. The number of alkyl halides is 3. The van der Waals surface area contributed by atoms with Crippen molar-refractivity contribution in [3.8, 4) is 0 Å². The summed E-state index contributed by atoms with van der Waals surface area (Å²) in [6, 6.07) is 2.88. The van der Waals surface area contributed by atoms with E-state index < -0.39 is 17.9 Å². The standard InChI is InChI=1S/C16H13Cl2F3N6O/c1-6-9(5-12(28)24-8-3-10(17)13(22)11(18)4-8)7(2)27-15(23-6)25-14(26-27)16(19,20)21/h3-4H,5,22H2,1-2H3,(H,24,28). The number of nitrogens with two attached hydrogens (primary N) is 1. The van der Waals surface area contributed by atoms with Gasteiger partial charge in [0.15, 0.2) is 0 Å². The first kappa shape index (κ1) is 20.2. The van der Waals surface area contributed by atoms with Crippen molar-refractivity contribution in [2.45, 2.75) is 26.4 Å². The number of amides is 1. The van der Waals surface area contributed by atoms with E-state index in [-0.39, 0.29) is 27.9 Å². The molecule has 0 fully saturated rings. The van der Waals surface area contributed by atoms with Crippen LogP contribution in [0.4, 0.5) is 24.5 Å². The minimum Gasteiger partial charge on any atom is -0.396 e. The maximum absolute atomic E-state index is 12.8. The summed E-state index contributed by atoms with van der Waals surface area (Å²) in [5, 5.41) is 6.42. The number of nitrogens with one attached hydrogen (secondary N) is 1. The van der Waals surface area contributed by atoms with Gasteiger partial charge in [-0.3, -0.25) is 4.79 Å². The van der Waals surface area contributed by atoms with Crippen molar-refractivity contribution < 1.29 is 18.0 Å². The topological polar surface area (TPSA) is 98.2 Å². The molecule has 2 aromatic heterocycles. The third-order valence-electron chi connectivity index (χ3n) is 4.00. The maximum Gasteiger partial charge on any atom is 0.453 e. The number of nitrogens with zero attached hydrogens (tertiary/aromatic N) is 4. The summed E-state index contributed by atoms with van der Waals surface area (Å²) in [6.45, 7) is 3.12. The van der Waals surface area contributed by atoms with Crippen molar-refractivity contribution in [2.75, 3.05) is 11.1 Å². The number of anilines is 2. The van der Waals surface area contributed by atoms with E-state index in [1.165, 1.54) is 19.1 Å². The molecule has 0 radical (unpaired) electrons. The predicted octanol–water partition coefficient (Wildman–Crippen LogP) is 3.83. The summed E-state index contributed by atoms with van der Waals surface area (Å²) >= 11 is 11.9. The van der Waals surface area contributed by atoms with Gasteiger partial charge in [-0.15, -0.1) is 5.10 Å². The quantitative estimate of drug-likeness (QED) is 0.612. The molecule has 2 heterocycles. The first-order valence-electron chi connectivity index (χ1n) is 7.81. The number of aryl methyl sites for hydroxylation is 2. The second kappa shape index (κ2) is 7.10. The number of halogens is 5. The van der Waals surface area contributed by atoms with Gasteiger partial charge in [-0.2, -0.15) is 18.2 Å². The Bertz CT molecular complexity index is 1070. The monoisotopic (exact) mass is 432 g/mol. The van der Waals surface area contributed by atoms with Crippen LogP contribution < -0.4 is 11.1 Å². The predicted molar refractivity (Wildman–Crippen MR) is 98.5 cm³/mol. The number of carbonyl (C=O) groups is 1. The Morgan fingerprint density at radius 1 is 1.21 bits per heavy atom. The van der Waals surface area contributed by atoms with Gasteiger partial charge in [-0.05, 0) is 26.0 Å². The number of benzene rings is 1. The van der Waals surface area contributed by atoms with Gasteiger partial charge in [0.2, 0.25) is 5.91 Å². The van der Waals surface area contributed by atoms with E-state index in [1.807, 2.05) is 0 Å². The third kappa shape index (κ3) is 3.83. The van der Waals surface area contributed by atoms with E-state index in [0.717, 1.165) is 4.52 Å². The Morgan fingerprint density at radius 3 is 2.39 bits per heavy atom. The second-order valence-corrected chi connectivity index (χ2v) is 6.80. The molecule has 0 bridgehead atoms. The summed E-state index contributed by atoms with van der Waals surface area (Å²) in [5.74, 6) is -1.93. The molecule has 0 saturated carbocycles. The molecule has 0 aliphatic heterocycles. The molecule has 28 heavy (non-hydrogen) atoms. The van der Waals surface area contributed by atoms with Gasteiger partial charge < -0.3 is 11.1 Å². The van der Waals surface area contributed by atoms with Crippen LogP contribution in [0.2, 0.25) is 10.0 Å². The highest BCUT2D eigenvalue weighted by Gasteiger charge is 2.37. The van der Waals surface area contributed by atoms with Crippen molar-refractivity contribution in [3.05, 3.63) is 45.0 Å². The van der Waals surface area contributed by atoms with Crippen LogP contribution in [0.5, 0.6) is 0 Å². The highest BCUT2D eigenvalue weighted by atomic mass is 35.5. The number of carbonyl (C=O) groups excluding carboxylic acids is 1. The molecule has 0 spiro atoms. The van der Waals surface area contributed by atoms with E-state index >= 15 is 0 Å². The van der Waals surface area contributed by atoms with Crippen molar-refractivity contribution >= 4 is 46.3 Å². The SMILES string of the molecule is Cc1nc2nc(C(F)(F)F)nn2c(C)c1CC(=O)Nc1cc(Cl)c(N)c(Cl)c1. The maximum atomic E-state index is 12.8. The molecule has 3 aromatic rings. The highest BCUT2D eigenvalue weighted by molar-refractivity contribution is 6.39. The van der Waals surface area contributed by atoms with E-state index in [2.05, 4.69) is 20.4 Å². The van der Waals surface area contributed by atoms with Gasteiger partial charge in [0.1, 0.15) is 0 Å². The van der Waals surface area contributed by atoms with Gasteiger partial charge in [-0.1, -0.05) is 23.2 Å². The van der Waals surface area contributed by atoms with Gasteiger partial charge in [0.25, 0.3) is 11.6 Å². The van der Waals surface area contributed by atoms with E-state index in [9.17, 15) is 18.0 Å². The first-order valence-corrected chi connectivity index (χ1v) is 8.57. The zero-order valence-corrected chi connectivity index (χ0v) is 16.0. The minimum atomic E-state index is -4.70. The Balaban J connectivity index is 1.90. The minimum absolute atomic E-state index is 0.151. The molecule has 7 nitrogen and oxygen atoms in total. The number of nitrogen functional groups attached to an aromatic ring is 1. The summed E-state index contributed by atoms with van der Waals surface area (Å²) < 4.78 is 39.5. The number of fused-ring (bicyclic) bond motifs is 1. The lowest BCUT2D eigenvalue weighted by molar-refractivity contribution is -0.144. The molecule has 1 aromatic carbocycles. The molecular weight excluding hydrogens is 420 g/mol. The summed E-state index contributed by atoms with van der Waals surface area (Å²) in [7, 11) is 0. The molecule has 0 atom stereocenters. The van der Waals surface area contributed by atoms with Crippen LogP contribution in [0.15, 0.2) is 12.1 Å².